The van der Waals surface area contributed by atoms with Crippen molar-refractivity contribution in [2.24, 2.45) is 0 Å². The molecular weight excluding hydrogens is 232 g/mol. The van der Waals surface area contributed by atoms with Gasteiger partial charge in [0.25, 0.3) is 5.91 Å². The second-order valence-corrected chi connectivity index (χ2v) is 3.78. The summed E-state index contributed by atoms with van der Waals surface area (Å²) in [6.45, 7) is 0.469. The summed E-state index contributed by atoms with van der Waals surface area (Å²) in [5, 5.41) is 15.0. The molecule has 0 saturated carbocycles. The fourth-order valence-corrected chi connectivity index (χ4v) is 1.49. The summed E-state index contributed by atoms with van der Waals surface area (Å²) >= 11 is 0. The Balaban J connectivity index is 2.04. The number of aliphatic hydroxyl groups is 1. The molecular formula is C13H14N2O3. The number of nitrogens with one attached hydrogen (secondary N) is 1. The van der Waals surface area contributed by atoms with Crippen LogP contribution >= 0.6 is 0 Å². The van der Waals surface area contributed by atoms with Crippen LogP contribution in [0.2, 0.25) is 0 Å². The van der Waals surface area contributed by atoms with E-state index in [1.54, 1.807) is 6.07 Å². The van der Waals surface area contributed by atoms with Crippen molar-refractivity contribution >= 4 is 5.91 Å². The van der Waals surface area contributed by atoms with Crippen molar-refractivity contribution in [3.8, 4) is 11.3 Å². The van der Waals surface area contributed by atoms with E-state index in [9.17, 15) is 4.79 Å². The number of aliphatic hydroxyl groups excluding tert-OH is 1. The summed E-state index contributed by atoms with van der Waals surface area (Å²) in [6, 6.07) is 11.0. The molecule has 1 aromatic heterocycles. The van der Waals surface area contributed by atoms with Crippen LogP contribution in [0.25, 0.3) is 11.3 Å². The van der Waals surface area contributed by atoms with Crippen LogP contribution < -0.4 is 5.32 Å². The molecule has 1 heterocycles. The van der Waals surface area contributed by atoms with Gasteiger partial charge in [-0.15, -0.1) is 0 Å². The SMILES string of the molecule is O=C(NCCCO)c1cc(-c2ccccc2)on1. The molecule has 2 rings (SSSR count). The molecule has 0 fully saturated rings. The second kappa shape index (κ2) is 5.97. The maximum Gasteiger partial charge on any atom is 0.273 e. The summed E-state index contributed by atoms with van der Waals surface area (Å²) in [7, 11) is 0. The standard InChI is InChI=1S/C13H14N2O3/c16-8-4-7-14-13(17)11-9-12(18-15-11)10-5-2-1-3-6-10/h1-3,5-6,9,16H,4,7-8H2,(H,14,17). The van der Waals surface area contributed by atoms with Gasteiger partial charge >= 0.3 is 0 Å². The first-order valence-electron chi connectivity index (χ1n) is 5.72. The van der Waals surface area contributed by atoms with E-state index >= 15 is 0 Å². The van der Waals surface area contributed by atoms with E-state index < -0.39 is 0 Å². The van der Waals surface area contributed by atoms with Crippen LogP contribution in [0, 0.1) is 0 Å². The molecule has 2 aromatic rings. The van der Waals surface area contributed by atoms with Crippen LogP contribution in [0.15, 0.2) is 40.9 Å². The van der Waals surface area contributed by atoms with Crippen molar-refractivity contribution in [3.63, 3.8) is 0 Å². The molecule has 0 aliphatic carbocycles. The van der Waals surface area contributed by atoms with Crippen molar-refractivity contribution in [3.05, 3.63) is 42.1 Å². The first kappa shape index (κ1) is 12.3. The summed E-state index contributed by atoms with van der Waals surface area (Å²) in [5.41, 5.74) is 1.12. The molecule has 5 nitrogen and oxygen atoms in total. The number of carbonyl (C=O) groups is 1. The normalized spacial score (nSPS) is 10.3. The number of nitrogens with zero attached hydrogens (tertiary/aromatic N) is 1. The lowest BCUT2D eigenvalue weighted by molar-refractivity contribution is 0.0942. The van der Waals surface area contributed by atoms with Gasteiger partial charge in [0, 0.05) is 24.8 Å². The molecule has 5 heteroatoms. The van der Waals surface area contributed by atoms with Crippen LogP contribution in [-0.2, 0) is 0 Å². The largest absolute Gasteiger partial charge is 0.396 e. The number of aromatic nitrogens is 1. The van der Waals surface area contributed by atoms with Gasteiger partial charge in [-0.3, -0.25) is 4.79 Å². The smallest absolute Gasteiger partial charge is 0.273 e. The molecule has 18 heavy (non-hydrogen) atoms. The number of carbonyl (C=O) groups excluding carboxylic acids is 1. The molecule has 0 saturated heterocycles. The number of benzene rings is 1. The van der Waals surface area contributed by atoms with Gasteiger partial charge in [0.05, 0.1) is 0 Å². The van der Waals surface area contributed by atoms with Gasteiger partial charge in [-0.1, -0.05) is 35.5 Å². The number of hydrogen-bond donors (Lipinski definition) is 2. The number of amides is 1. The minimum atomic E-state index is -0.297. The van der Waals surface area contributed by atoms with Crippen LogP contribution in [0.3, 0.4) is 0 Å². The molecule has 1 amide bonds. The maximum absolute atomic E-state index is 11.6. The Morgan fingerprint density at radius 1 is 1.33 bits per heavy atom. The van der Waals surface area contributed by atoms with Gasteiger partial charge < -0.3 is 14.9 Å². The van der Waals surface area contributed by atoms with Gasteiger partial charge in [-0.05, 0) is 6.42 Å². The van der Waals surface area contributed by atoms with Crippen molar-refractivity contribution in [1.82, 2.24) is 10.5 Å². The van der Waals surface area contributed by atoms with Crippen molar-refractivity contribution < 1.29 is 14.4 Å². The fraction of sp³-hybridized carbons (Fsp3) is 0.231. The maximum atomic E-state index is 11.6. The monoisotopic (exact) mass is 246 g/mol. The Bertz CT molecular complexity index is 508. The first-order chi connectivity index (χ1) is 8.81. The van der Waals surface area contributed by atoms with Crippen LogP contribution in [0.1, 0.15) is 16.9 Å². The highest BCUT2D eigenvalue weighted by Crippen LogP contribution is 2.19. The zero-order chi connectivity index (χ0) is 12.8. The summed E-state index contributed by atoms with van der Waals surface area (Å²) in [5.74, 6) is 0.261. The number of rotatable bonds is 5. The minimum absolute atomic E-state index is 0.0500. The zero-order valence-electron chi connectivity index (χ0n) is 9.80. The predicted octanol–water partition coefficient (Wildman–Crippen LogP) is 1.45. The Hall–Kier alpha value is -2.14. The number of hydrogen-bond acceptors (Lipinski definition) is 4. The van der Waals surface area contributed by atoms with E-state index in [1.165, 1.54) is 0 Å². The first-order valence-corrected chi connectivity index (χ1v) is 5.72. The van der Waals surface area contributed by atoms with E-state index in [0.717, 1.165) is 5.56 Å². The van der Waals surface area contributed by atoms with Crippen LogP contribution in [0.5, 0.6) is 0 Å². The molecule has 2 N–H and O–H groups in total. The molecule has 0 atom stereocenters. The van der Waals surface area contributed by atoms with E-state index in [2.05, 4.69) is 10.5 Å². The summed E-state index contributed by atoms with van der Waals surface area (Å²) in [4.78, 5) is 11.6. The Morgan fingerprint density at radius 3 is 2.83 bits per heavy atom. The Morgan fingerprint density at radius 2 is 2.11 bits per heavy atom. The highest BCUT2D eigenvalue weighted by molar-refractivity contribution is 5.93. The van der Waals surface area contributed by atoms with E-state index in [-0.39, 0.29) is 18.2 Å². The van der Waals surface area contributed by atoms with Gasteiger partial charge in [-0.25, -0.2) is 0 Å². The lowest BCUT2D eigenvalue weighted by Gasteiger charge is -1.99. The fourth-order valence-electron chi connectivity index (χ4n) is 1.49. The molecule has 0 spiro atoms. The predicted molar refractivity (Wildman–Crippen MR) is 66.0 cm³/mol. The van der Waals surface area contributed by atoms with Gasteiger partial charge in [0.1, 0.15) is 0 Å². The quantitative estimate of drug-likeness (QED) is 0.783. The molecule has 0 bridgehead atoms. The average molecular weight is 246 g/mol. The molecule has 1 aromatic carbocycles. The molecule has 0 radical (unpaired) electrons. The Labute approximate surface area is 104 Å². The van der Waals surface area contributed by atoms with Gasteiger partial charge in [-0.2, -0.15) is 0 Å². The third-order valence-corrected chi connectivity index (χ3v) is 2.42. The lowest BCUT2D eigenvalue weighted by atomic mass is 10.1. The van der Waals surface area contributed by atoms with Crippen LogP contribution in [-0.4, -0.2) is 29.3 Å². The van der Waals surface area contributed by atoms with E-state index in [1.807, 2.05) is 30.3 Å². The minimum Gasteiger partial charge on any atom is -0.396 e. The molecule has 0 aliphatic rings. The molecule has 94 valence electrons. The van der Waals surface area contributed by atoms with Crippen molar-refractivity contribution in [2.75, 3.05) is 13.2 Å². The highest BCUT2D eigenvalue weighted by Gasteiger charge is 2.12. The van der Waals surface area contributed by atoms with E-state index in [4.69, 9.17) is 9.63 Å². The van der Waals surface area contributed by atoms with Crippen LogP contribution in [0.4, 0.5) is 0 Å². The topological polar surface area (TPSA) is 75.4 Å². The zero-order valence-corrected chi connectivity index (χ0v) is 9.80. The Kier molecular flexibility index (Phi) is 4.09. The summed E-state index contributed by atoms with van der Waals surface area (Å²) < 4.78 is 5.12. The van der Waals surface area contributed by atoms with Gasteiger partial charge in [0.15, 0.2) is 11.5 Å². The average Bonchev–Trinajstić information content (AvgIpc) is 2.89. The summed E-state index contributed by atoms with van der Waals surface area (Å²) in [6.07, 6.45) is 0.523. The van der Waals surface area contributed by atoms with Gasteiger partial charge in [0.2, 0.25) is 0 Å². The molecule has 0 unspecified atom stereocenters. The third kappa shape index (κ3) is 2.95. The second-order valence-electron chi connectivity index (χ2n) is 3.78. The van der Waals surface area contributed by atoms with Crippen molar-refractivity contribution in [1.29, 1.82) is 0 Å². The third-order valence-electron chi connectivity index (χ3n) is 2.42. The highest BCUT2D eigenvalue weighted by atomic mass is 16.5. The van der Waals surface area contributed by atoms with Crippen molar-refractivity contribution in [2.45, 2.75) is 6.42 Å². The van der Waals surface area contributed by atoms with E-state index in [0.29, 0.717) is 18.7 Å². The molecule has 0 aliphatic heterocycles. The lowest BCUT2D eigenvalue weighted by Crippen LogP contribution is -2.25.